The van der Waals surface area contributed by atoms with Gasteiger partial charge >= 0.3 is 0 Å². The first-order valence-corrected chi connectivity index (χ1v) is 4.91. The number of nitrogens with zero attached hydrogens (tertiary/aromatic N) is 2. The number of piperazine rings is 1. The highest BCUT2D eigenvalue weighted by Gasteiger charge is 2.26. The minimum absolute atomic E-state index is 0.0127. The maximum atomic E-state index is 11.4. The Hall–Kier alpha value is -0.710. The highest BCUT2D eigenvalue weighted by molar-refractivity contribution is 7.80. The second kappa shape index (κ2) is 4.50. The van der Waals surface area contributed by atoms with Crippen LogP contribution in [0.4, 0.5) is 0 Å². The van der Waals surface area contributed by atoms with Crippen molar-refractivity contribution in [3.63, 3.8) is 0 Å². The quantitative estimate of drug-likeness (QED) is 0.633. The molecule has 0 aromatic heterocycles. The molecular weight excluding hydrogens is 188 g/mol. The highest BCUT2D eigenvalue weighted by atomic mass is 32.1. The first-order chi connectivity index (χ1) is 6.15. The fourth-order valence-corrected chi connectivity index (χ4v) is 1.37. The molecule has 0 radical (unpaired) electrons. The molecule has 1 rings (SSSR count). The van der Waals surface area contributed by atoms with E-state index in [0.29, 0.717) is 6.54 Å². The van der Waals surface area contributed by atoms with Crippen molar-refractivity contribution in [2.45, 2.75) is 6.42 Å². The number of thiol groups is 1. The molecule has 1 heterocycles. The van der Waals surface area contributed by atoms with Crippen LogP contribution in [0.5, 0.6) is 0 Å². The highest BCUT2D eigenvalue weighted by Crippen LogP contribution is 2.03. The summed E-state index contributed by atoms with van der Waals surface area (Å²) in [7, 11) is 1.65. The molecule has 0 N–H and O–H groups in total. The van der Waals surface area contributed by atoms with Gasteiger partial charge in [-0.3, -0.25) is 9.59 Å². The lowest BCUT2D eigenvalue weighted by Crippen LogP contribution is -2.52. The molecule has 1 fully saturated rings. The normalized spacial score (nSPS) is 18.3. The van der Waals surface area contributed by atoms with Crippen molar-refractivity contribution < 1.29 is 9.59 Å². The summed E-state index contributed by atoms with van der Waals surface area (Å²) in [6.45, 7) is 1.08. The molecule has 1 aliphatic heterocycles. The number of rotatable bonds is 3. The molecule has 0 bridgehead atoms. The van der Waals surface area contributed by atoms with Gasteiger partial charge in [0, 0.05) is 13.6 Å². The predicted molar refractivity (Wildman–Crippen MR) is 52.7 cm³/mol. The Morgan fingerprint density at radius 2 is 2.00 bits per heavy atom. The maximum absolute atomic E-state index is 11.4. The van der Waals surface area contributed by atoms with E-state index in [4.69, 9.17) is 0 Å². The maximum Gasteiger partial charge on any atom is 0.242 e. The number of carbonyl (C=O) groups excluding carboxylic acids is 2. The first-order valence-electron chi connectivity index (χ1n) is 4.27. The summed E-state index contributed by atoms with van der Waals surface area (Å²) in [6.07, 6.45) is 0.839. The van der Waals surface area contributed by atoms with Crippen molar-refractivity contribution in [2.75, 3.05) is 32.4 Å². The van der Waals surface area contributed by atoms with Crippen molar-refractivity contribution in [1.29, 1.82) is 0 Å². The van der Waals surface area contributed by atoms with Crippen LogP contribution in [0, 0.1) is 0 Å². The topological polar surface area (TPSA) is 40.6 Å². The Morgan fingerprint density at radius 1 is 1.31 bits per heavy atom. The van der Waals surface area contributed by atoms with Crippen LogP contribution in [0.2, 0.25) is 0 Å². The van der Waals surface area contributed by atoms with Gasteiger partial charge < -0.3 is 9.80 Å². The summed E-state index contributed by atoms with van der Waals surface area (Å²) in [5.74, 6) is 0.788. The molecule has 0 aromatic rings. The van der Waals surface area contributed by atoms with E-state index in [9.17, 15) is 9.59 Å². The average Bonchev–Trinajstić information content (AvgIpc) is 2.09. The van der Waals surface area contributed by atoms with Gasteiger partial charge in [-0.1, -0.05) is 0 Å². The summed E-state index contributed by atoms with van der Waals surface area (Å²) in [4.78, 5) is 25.6. The van der Waals surface area contributed by atoms with Crippen LogP contribution in [-0.4, -0.2) is 54.0 Å². The standard InChI is InChI=1S/C8H14N2O2S/c1-9-5-8(12)10(3-2-4-13)6-7(9)11/h13H,2-6H2,1H3. The lowest BCUT2D eigenvalue weighted by atomic mass is 10.3. The van der Waals surface area contributed by atoms with E-state index >= 15 is 0 Å². The Labute approximate surface area is 83.3 Å². The van der Waals surface area contributed by atoms with Crippen LogP contribution < -0.4 is 0 Å². The number of hydrogen-bond acceptors (Lipinski definition) is 3. The molecule has 2 amide bonds. The average molecular weight is 202 g/mol. The molecule has 5 heteroatoms. The van der Waals surface area contributed by atoms with E-state index in [1.54, 1.807) is 11.9 Å². The van der Waals surface area contributed by atoms with Crippen LogP contribution in [0.3, 0.4) is 0 Å². The van der Waals surface area contributed by atoms with Gasteiger partial charge in [-0.25, -0.2) is 0 Å². The molecule has 13 heavy (non-hydrogen) atoms. The third-order valence-electron chi connectivity index (χ3n) is 2.06. The van der Waals surface area contributed by atoms with Gasteiger partial charge in [0.2, 0.25) is 11.8 Å². The van der Waals surface area contributed by atoms with Gasteiger partial charge in [0.25, 0.3) is 0 Å². The fourth-order valence-electron chi connectivity index (χ4n) is 1.23. The molecule has 0 saturated carbocycles. The third-order valence-corrected chi connectivity index (χ3v) is 2.38. The Balaban J connectivity index is 2.46. The molecular formula is C8H14N2O2S. The van der Waals surface area contributed by atoms with Gasteiger partial charge in [-0.05, 0) is 12.2 Å². The zero-order chi connectivity index (χ0) is 9.84. The number of carbonyl (C=O) groups is 2. The summed E-state index contributed by atoms with van der Waals surface area (Å²) < 4.78 is 0. The van der Waals surface area contributed by atoms with Crippen LogP contribution in [0.25, 0.3) is 0 Å². The van der Waals surface area contributed by atoms with E-state index in [1.807, 2.05) is 0 Å². The zero-order valence-corrected chi connectivity index (χ0v) is 8.59. The minimum atomic E-state index is 0.0127. The fraction of sp³-hybridized carbons (Fsp3) is 0.750. The van der Waals surface area contributed by atoms with Crippen molar-refractivity contribution in [3.8, 4) is 0 Å². The van der Waals surface area contributed by atoms with Crippen molar-refractivity contribution in [1.82, 2.24) is 9.80 Å². The van der Waals surface area contributed by atoms with Crippen LogP contribution in [-0.2, 0) is 9.59 Å². The number of hydrogen-bond donors (Lipinski definition) is 1. The molecule has 1 aliphatic rings. The molecule has 0 spiro atoms. The lowest BCUT2D eigenvalue weighted by molar-refractivity contribution is -0.148. The monoisotopic (exact) mass is 202 g/mol. The van der Waals surface area contributed by atoms with E-state index in [0.717, 1.165) is 12.2 Å². The van der Waals surface area contributed by atoms with Crippen molar-refractivity contribution in [2.24, 2.45) is 0 Å². The lowest BCUT2D eigenvalue weighted by Gasteiger charge is -2.31. The van der Waals surface area contributed by atoms with Gasteiger partial charge in [0.1, 0.15) is 0 Å². The van der Waals surface area contributed by atoms with E-state index in [2.05, 4.69) is 12.6 Å². The summed E-state index contributed by atoms with van der Waals surface area (Å²) >= 11 is 4.06. The molecule has 0 aromatic carbocycles. The van der Waals surface area contributed by atoms with Gasteiger partial charge in [0.15, 0.2) is 0 Å². The van der Waals surface area contributed by atoms with E-state index in [-0.39, 0.29) is 24.9 Å². The Kier molecular flexibility index (Phi) is 3.59. The van der Waals surface area contributed by atoms with Crippen LogP contribution in [0.15, 0.2) is 0 Å². The molecule has 0 unspecified atom stereocenters. The Morgan fingerprint density at radius 3 is 2.62 bits per heavy atom. The zero-order valence-electron chi connectivity index (χ0n) is 7.69. The first kappa shape index (κ1) is 10.4. The molecule has 0 aliphatic carbocycles. The largest absolute Gasteiger partial charge is 0.335 e. The summed E-state index contributed by atoms with van der Waals surface area (Å²) in [5.41, 5.74) is 0. The third kappa shape index (κ3) is 2.62. The van der Waals surface area contributed by atoms with Gasteiger partial charge in [0.05, 0.1) is 13.1 Å². The predicted octanol–water partition coefficient (Wildman–Crippen LogP) is -0.393. The second-order valence-corrected chi connectivity index (χ2v) is 3.59. The van der Waals surface area contributed by atoms with Crippen LogP contribution >= 0.6 is 12.6 Å². The van der Waals surface area contributed by atoms with Gasteiger partial charge in [-0.2, -0.15) is 12.6 Å². The van der Waals surface area contributed by atoms with Crippen molar-refractivity contribution in [3.05, 3.63) is 0 Å². The van der Waals surface area contributed by atoms with Crippen molar-refractivity contribution >= 4 is 24.4 Å². The molecule has 4 nitrogen and oxygen atoms in total. The number of likely N-dealkylation sites (N-methyl/N-ethyl adjacent to an activating group) is 1. The molecule has 0 atom stereocenters. The minimum Gasteiger partial charge on any atom is -0.335 e. The Bertz CT molecular complexity index is 220. The molecule has 1 saturated heterocycles. The van der Waals surface area contributed by atoms with Crippen LogP contribution in [0.1, 0.15) is 6.42 Å². The summed E-state index contributed by atoms with van der Waals surface area (Å²) in [5, 5.41) is 0. The smallest absolute Gasteiger partial charge is 0.242 e. The second-order valence-electron chi connectivity index (χ2n) is 3.14. The van der Waals surface area contributed by atoms with E-state index < -0.39 is 0 Å². The van der Waals surface area contributed by atoms with Gasteiger partial charge in [-0.15, -0.1) is 0 Å². The number of amides is 2. The SMILES string of the molecule is CN1CC(=O)N(CCCS)CC1=O. The summed E-state index contributed by atoms with van der Waals surface area (Å²) in [6, 6.07) is 0. The van der Waals surface area contributed by atoms with E-state index in [1.165, 1.54) is 4.90 Å². The molecule has 74 valence electrons.